The summed E-state index contributed by atoms with van der Waals surface area (Å²) in [5.74, 6) is -0.207. The van der Waals surface area contributed by atoms with Gasteiger partial charge in [0.1, 0.15) is 5.69 Å². The average Bonchev–Trinajstić information content (AvgIpc) is 2.70. The van der Waals surface area contributed by atoms with Gasteiger partial charge in [0, 0.05) is 17.9 Å². The van der Waals surface area contributed by atoms with Crippen molar-refractivity contribution in [1.29, 1.82) is 0 Å². The van der Waals surface area contributed by atoms with Gasteiger partial charge in [0.05, 0.1) is 12.2 Å². The van der Waals surface area contributed by atoms with Crippen LogP contribution in [0.2, 0.25) is 0 Å². The Hall–Kier alpha value is -2.96. The van der Waals surface area contributed by atoms with Gasteiger partial charge >= 0.3 is 5.97 Å². The lowest BCUT2D eigenvalue weighted by molar-refractivity contribution is 0.0526. The van der Waals surface area contributed by atoms with E-state index in [-0.39, 0.29) is 17.9 Å². The van der Waals surface area contributed by atoms with Gasteiger partial charge in [0.2, 0.25) is 5.95 Å². The molecule has 0 bridgehead atoms. The molecule has 0 radical (unpaired) electrons. The quantitative estimate of drug-likeness (QED) is 0.759. The number of esters is 1. The van der Waals surface area contributed by atoms with Crippen LogP contribution < -0.4 is 10.6 Å². The second-order valence-corrected chi connectivity index (χ2v) is 6.50. The van der Waals surface area contributed by atoms with Crippen LogP contribution in [0.3, 0.4) is 0 Å². The fraction of sp³-hybridized carbons (Fsp3) is 0.400. The van der Waals surface area contributed by atoms with Crippen molar-refractivity contribution in [3.05, 3.63) is 47.8 Å². The first-order valence-corrected chi connectivity index (χ1v) is 9.34. The second-order valence-electron chi connectivity index (χ2n) is 6.50. The van der Waals surface area contributed by atoms with Crippen molar-refractivity contribution < 1.29 is 14.3 Å². The van der Waals surface area contributed by atoms with E-state index in [4.69, 9.17) is 4.74 Å². The van der Waals surface area contributed by atoms with Crippen LogP contribution in [0.15, 0.2) is 36.5 Å². The third-order valence-corrected chi connectivity index (χ3v) is 4.48. The SMILES string of the molecule is CCOC(=O)c1ccc(Nc2nccc(C(=O)NC3CCCCC3)n2)cc1. The van der Waals surface area contributed by atoms with E-state index in [0.29, 0.717) is 29.5 Å². The molecule has 1 heterocycles. The maximum Gasteiger partial charge on any atom is 0.338 e. The predicted molar refractivity (Wildman–Crippen MR) is 102 cm³/mol. The van der Waals surface area contributed by atoms with E-state index in [1.807, 2.05) is 0 Å². The maximum absolute atomic E-state index is 12.4. The van der Waals surface area contributed by atoms with E-state index in [1.165, 1.54) is 6.42 Å². The highest BCUT2D eigenvalue weighted by Gasteiger charge is 2.17. The molecule has 7 nitrogen and oxygen atoms in total. The Morgan fingerprint density at radius 3 is 2.56 bits per heavy atom. The summed E-state index contributed by atoms with van der Waals surface area (Å²) in [7, 11) is 0. The van der Waals surface area contributed by atoms with E-state index in [1.54, 1.807) is 43.5 Å². The first-order chi connectivity index (χ1) is 13.2. The molecule has 1 fully saturated rings. The smallest absolute Gasteiger partial charge is 0.338 e. The molecule has 1 amide bonds. The Balaban J connectivity index is 1.63. The molecule has 2 aromatic rings. The van der Waals surface area contributed by atoms with E-state index in [0.717, 1.165) is 25.7 Å². The van der Waals surface area contributed by atoms with E-state index in [9.17, 15) is 9.59 Å². The van der Waals surface area contributed by atoms with Gasteiger partial charge in [0.15, 0.2) is 0 Å². The molecular formula is C20H24N4O3. The molecular weight excluding hydrogens is 344 g/mol. The lowest BCUT2D eigenvalue weighted by Gasteiger charge is -2.22. The van der Waals surface area contributed by atoms with Crippen molar-refractivity contribution in [3.8, 4) is 0 Å². The molecule has 1 aromatic heterocycles. The number of hydrogen-bond donors (Lipinski definition) is 2. The molecule has 142 valence electrons. The normalized spacial score (nSPS) is 14.4. The molecule has 0 unspecified atom stereocenters. The fourth-order valence-corrected chi connectivity index (χ4v) is 3.08. The Bertz CT molecular complexity index is 786. The summed E-state index contributed by atoms with van der Waals surface area (Å²) in [6, 6.07) is 8.65. The van der Waals surface area contributed by atoms with Crippen LogP contribution in [0, 0.1) is 0 Å². The number of benzene rings is 1. The first-order valence-electron chi connectivity index (χ1n) is 9.34. The zero-order valence-corrected chi connectivity index (χ0v) is 15.4. The van der Waals surface area contributed by atoms with Gasteiger partial charge in [-0.05, 0) is 50.1 Å². The minimum absolute atomic E-state index is 0.176. The fourth-order valence-electron chi connectivity index (χ4n) is 3.08. The van der Waals surface area contributed by atoms with Crippen LogP contribution >= 0.6 is 0 Å². The number of nitrogens with zero attached hydrogens (tertiary/aromatic N) is 2. The predicted octanol–water partition coefficient (Wildman–Crippen LogP) is 3.46. The highest BCUT2D eigenvalue weighted by molar-refractivity contribution is 5.92. The molecule has 27 heavy (non-hydrogen) atoms. The van der Waals surface area contributed by atoms with Crippen molar-refractivity contribution in [2.45, 2.75) is 45.1 Å². The van der Waals surface area contributed by atoms with Crippen LogP contribution in [-0.4, -0.2) is 34.5 Å². The topological polar surface area (TPSA) is 93.2 Å². The number of rotatable bonds is 6. The number of anilines is 2. The summed E-state index contributed by atoms with van der Waals surface area (Å²) in [5, 5.41) is 6.10. The molecule has 0 spiro atoms. The van der Waals surface area contributed by atoms with Crippen molar-refractivity contribution in [1.82, 2.24) is 15.3 Å². The zero-order valence-electron chi connectivity index (χ0n) is 15.4. The van der Waals surface area contributed by atoms with E-state index >= 15 is 0 Å². The highest BCUT2D eigenvalue weighted by Crippen LogP contribution is 2.18. The molecule has 7 heteroatoms. The van der Waals surface area contributed by atoms with Crippen molar-refractivity contribution in [3.63, 3.8) is 0 Å². The second kappa shape index (κ2) is 9.12. The zero-order chi connectivity index (χ0) is 19.1. The Morgan fingerprint density at radius 2 is 1.85 bits per heavy atom. The van der Waals surface area contributed by atoms with Crippen molar-refractivity contribution in [2.24, 2.45) is 0 Å². The number of carbonyl (C=O) groups is 2. The van der Waals surface area contributed by atoms with Gasteiger partial charge in [-0.1, -0.05) is 19.3 Å². The third-order valence-electron chi connectivity index (χ3n) is 4.48. The van der Waals surface area contributed by atoms with E-state index < -0.39 is 0 Å². The molecule has 2 N–H and O–H groups in total. The first kappa shape index (κ1) is 18.8. The standard InChI is InChI=1S/C20H24N4O3/c1-2-27-19(26)14-8-10-16(11-9-14)23-20-21-13-12-17(24-20)18(25)22-15-6-4-3-5-7-15/h8-13,15H,2-7H2,1H3,(H,22,25)(H,21,23,24). The molecule has 0 saturated heterocycles. The van der Waals surface area contributed by atoms with Crippen molar-refractivity contribution >= 4 is 23.5 Å². The number of hydrogen-bond acceptors (Lipinski definition) is 6. The summed E-state index contributed by atoms with van der Waals surface area (Å²) in [6.45, 7) is 2.10. The monoisotopic (exact) mass is 368 g/mol. The third kappa shape index (κ3) is 5.26. The number of nitrogens with one attached hydrogen (secondary N) is 2. The van der Waals surface area contributed by atoms with Crippen LogP contribution in [-0.2, 0) is 4.74 Å². The highest BCUT2D eigenvalue weighted by atomic mass is 16.5. The van der Waals surface area contributed by atoms with Gasteiger partial charge in [-0.3, -0.25) is 4.79 Å². The minimum atomic E-state index is -0.360. The number of ether oxygens (including phenoxy) is 1. The molecule has 0 aliphatic heterocycles. The summed E-state index contributed by atoms with van der Waals surface area (Å²) >= 11 is 0. The summed E-state index contributed by atoms with van der Waals surface area (Å²) in [4.78, 5) is 32.6. The summed E-state index contributed by atoms with van der Waals surface area (Å²) in [5.41, 5.74) is 1.53. The van der Waals surface area contributed by atoms with Gasteiger partial charge in [0.25, 0.3) is 5.91 Å². The molecule has 1 aliphatic rings. The lowest BCUT2D eigenvalue weighted by atomic mass is 9.95. The van der Waals surface area contributed by atoms with Crippen LogP contribution in [0.1, 0.15) is 59.9 Å². The van der Waals surface area contributed by atoms with Gasteiger partial charge in [-0.15, -0.1) is 0 Å². The molecule has 1 saturated carbocycles. The molecule has 1 aromatic carbocycles. The van der Waals surface area contributed by atoms with Crippen LogP contribution in [0.4, 0.5) is 11.6 Å². The number of aromatic nitrogens is 2. The maximum atomic E-state index is 12.4. The Kier molecular flexibility index (Phi) is 6.35. The van der Waals surface area contributed by atoms with Crippen LogP contribution in [0.5, 0.6) is 0 Å². The number of carbonyl (C=O) groups excluding carboxylic acids is 2. The molecule has 1 aliphatic carbocycles. The van der Waals surface area contributed by atoms with Crippen molar-refractivity contribution in [2.75, 3.05) is 11.9 Å². The molecule has 3 rings (SSSR count). The van der Waals surface area contributed by atoms with Gasteiger partial charge in [-0.25, -0.2) is 14.8 Å². The lowest BCUT2D eigenvalue weighted by Crippen LogP contribution is -2.36. The Labute approximate surface area is 158 Å². The van der Waals surface area contributed by atoms with Gasteiger partial charge < -0.3 is 15.4 Å². The molecule has 0 atom stereocenters. The number of amides is 1. The summed E-state index contributed by atoms with van der Waals surface area (Å²) < 4.78 is 4.96. The summed E-state index contributed by atoms with van der Waals surface area (Å²) in [6.07, 6.45) is 7.15. The minimum Gasteiger partial charge on any atom is -0.462 e. The van der Waals surface area contributed by atoms with Crippen LogP contribution in [0.25, 0.3) is 0 Å². The Morgan fingerprint density at radius 1 is 1.11 bits per heavy atom. The van der Waals surface area contributed by atoms with E-state index in [2.05, 4.69) is 20.6 Å². The van der Waals surface area contributed by atoms with Gasteiger partial charge in [-0.2, -0.15) is 0 Å². The largest absolute Gasteiger partial charge is 0.462 e. The average molecular weight is 368 g/mol.